The highest BCUT2D eigenvalue weighted by Crippen LogP contribution is 2.26. The van der Waals surface area contributed by atoms with Gasteiger partial charge >= 0.3 is 0 Å². The van der Waals surface area contributed by atoms with Crippen LogP contribution in [0.1, 0.15) is 36.1 Å². The van der Waals surface area contributed by atoms with E-state index in [0.717, 1.165) is 23.3 Å². The molecule has 1 fully saturated rings. The number of amides is 1. The standard InChI is InChI=1S/C22H27NO3/c1-16-4-9-19(10-5-16)21-14-23(17(2)15-26-21)22(24)13-8-18-6-11-20(25-3)12-7-18/h4-7,9-12,17,21H,8,13-15H2,1-3H3. The van der Waals surface area contributed by atoms with Gasteiger partial charge in [0.2, 0.25) is 5.91 Å². The second-order valence-corrected chi connectivity index (χ2v) is 6.98. The van der Waals surface area contributed by atoms with Gasteiger partial charge in [-0.2, -0.15) is 0 Å². The maximum Gasteiger partial charge on any atom is 0.223 e. The molecule has 0 radical (unpaired) electrons. The van der Waals surface area contributed by atoms with E-state index in [1.54, 1.807) is 7.11 Å². The summed E-state index contributed by atoms with van der Waals surface area (Å²) in [7, 11) is 1.66. The Kier molecular flexibility index (Phi) is 5.94. The van der Waals surface area contributed by atoms with Crippen LogP contribution in [0, 0.1) is 6.92 Å². The van der Waals surface area contributed by atoms with Crippen molar-refractivity contribution in [1.82, 2.24) is 4.90 Å². The Morgan fingerprint density at radius 1 is 1.15 bits per heavy atom. The summed E-state index contributed by atoms with van der Waals surface area (Å²) in [6, 6.07) is 16.4. The molecule has 1 amide bonds. The number of carbonyl (C=O) groups is 1. The van der Waals surface area contributed by atoms with Gasteiger partial charge in [-0.05, 0) is 43.5 Å². The van der Waals surface area contributed by atoms with Gasteiger partial charge in [0.05, 0.1) is 26.3 Å². The van der Waals surface area contributed by atoms with Gasteiger partial charge in [-0.3, -0.25) is 4.79 Å². The zero-order valence-corrected chi connectivity index (χ0v) is 15.8. The van der Waals surface area contributed by atoms with Crippen molar-refractivity contribution >= 4 is 5.91 Å². The Labute approximate surface area is 155 Å². The lowest BCUT2D eigenvalue weighted by atomic mass is 10.0. The van der Waals surface area contributed by atoms with E-state index < -0.39 is 0 Å². The van der Waals surface area contributed by atoms with Gasteiger partial charge < -0.3 is 14.4 Å². The molecule has 4 heteroatoms. The van der Waals surface area contributed by atoms with Crippen molar-refractivity contribution in [2.45, 2.75) is 38.8 Å². The van der Waals surface area contributed by atoms with Crippen molar-refractivity contribution in [3.8, 4) is 5.75 Å². The zero-order chi connectivity index (χ0) is 18.5. The molecule has 0 aliphatic carbocycles. The number of morpholine rings is 1. The Morgan fingerprint density at radius 2 is 1.85 bits per heavy atom. The number of ether oxygens (including phenoxy) is 2. The van der Waals surface area contributed by atoms with Crippen molar-refractivity contribution in [3.05, 3.63) is 65.2 Å². The lowest BCUT2D eigenvalue weighted by Gasteiger charge is -2.38. The molecule has 4 nitrogen and oxygen atoms in total. The van der Waals surface area contributed by atoms with Crippen LogP contribution in [0.25, 0.3) is 0 Å². The molecule has 26 heavy (non-hydrogen) atoms. The Morgan fingerprint density at radius 3 is 2.50 bits per heavy atom. The van der Waals surface area contributed by atoms with Gasteiger partial charge in [0.25, 0.3) is 0 Å². The predicted octanol–water partition coefficient (Wildman–Crippen LogP) is 3.92. The summed E-state index contributed by atoms with van der Waals surface area (Å²) >= 11 is 0. The third-order valence-corrected chi connectivity index (χ3v) is 4.99. The smallest absolute Gasteiger partial charge is 0.223 e. The molecule has 138 valence electrons. The molecule has 0 bridgehead atoms. The summed E-state index contributed by atoms with van der Waals surface area (Å²) in [4.78, 5) is 14.8. The lowest BCUT2D eigenvalue weighted by Crippen LogP contribution is -2.48. The van der Waals surface area contributed by atoms with Crippen LogP contribution in [0.3, 0.4) is 0 Å². The molecule has 3 rings (SSSR count). The molecule has 0 saturated carbocycles. The Balaban J connectivity index is 1.60. The van der Waals surface area contributed by atoms with Gasteiger partial charge in [0.1, 0.15) is 11.9 Å². The number of methoxy groups -OCH3 is 1. The van der Waals surface area contributed by atoms with Gasteiger partial charge in [-0.1, -0.05) is 42.0 Å². The van der Waals surface area contributed by atoms with Crippen molar-refractivity contribution in [3.63, 3.8) is 0 Å². The van der Waals surface area contributed by atoms with Crippen molar-refractivity contribution in [1.29, 1.82) is 0 Å². The van der Waals surface area contributed by atoms with E-state index in [4.69, 9.17) is 9.47 Å². The van der Waals surface area contributed by atoms with Crippen LogP contribution < -0.4 is 4.74 Å². The lowest BCUT2D eigenvalue weighted by molar-refractivity contribution is -0.144. The number of benzene rings is 2. The first-order valence-corrected chi connectivity index (χ1v) is 9.17. The van der Waals surface area contributed by atoms with Crippen LogP contribution in [0.15, 0.2) is 48.5 Å². The Hall–Kier alpha value is -2.33. The number of nitrogens with zero attached hydrogens (tertiary/aromatic N) is 1. The molecular weight excluding hydrogens is 326 g/mol. The number of hydrogen-bond donors (Lipinski definition) is 0. The van der Waals surface area contributed by atoms with E-state index >= 15 is 0 Å². The number of carbonyl (C=O) groups excluding carboxylic acids is 1. The summed E-state index contributed by atoms with van der Waals surface area (Å²) in [5, 5.41) is 0. The molecular formula is C22H27NO3. The third kappa shape index (κ3) is 4.44. The largest absolute Gasteiger partial charge is 0.497 e. The van der Waals surface area contributed by atoms with Crippen LogP contribution in [-0.4, -0.2) is 37.1 Å². The first-order chi connectivity index (χ1) is 12.6. The average molecular weight is 353 g/mol. The molecule has 1 saturated heterocycles. The van der Waals surface area contributed by atoms with Gasteiger partial charge in [-0.25, -0.2) is 0 Å². The molecule has 2 atom stereocenters. The van der Waals surface area contributed by atoms with E-state index in [1.807, 2.05) is 29.2 Å². The molecule has 2 unspecified atom stereocenters. The monoisotopic (exact) mass is 353 g/mol. The normalized spacial score (nSPS) is 20.0. The fraction of sp³-hybridized carbons (Fsp3) is 0.409. The number of hydrogen-bond acceptors (Lipinski definition) is 3. The first-order valence-electron chi connectivity index (χ1n) is 9.17. The minimum Gasteiger partial charge on any atom is -0.497 e. The van der Waals surface area contributed by atoms with Gasteiger partial charge in [0.15, 0.2) is 0 Å². The molecule has 1 aliphatic heterocycles. The van der Waals surface area contributed by atoms with Crippen LogP contribution >= 0.6 is 0 Å². The fourth-order valence-electron chi connectivity index (χ4n) is 3.27. The highest BCUT2D eigenvalue weighted by atomic mass is 16.5. The van der Waals surface area contributed by atoms with E-state index in [1.165, 1.54) is 5.56 Å². The van der Waals surface area contributed by atoms with Gasteiger partial charge in [-0.15, -0.1) is 0 Å². The summed E-state index contributed by atoms with van der Waals surface area (Å²) in [5.74, 6) is 1.02. The predicted molar refractivity (Wildman–Crippen MR) is 102 cm³/mol. The highest BCUT2D eigenvalue weighted by molar-refractivity contribution is 5.77. The second kappa shape index (κ2) is 8.37. The van der Waals surface area contributed by atoms with Crippen molar-refractivity contribution < 1.29 is 14.3 Å². The Bertz CT molecular complexity index is 724. The van der Waals surface area contributed by atoms with Crippen molar-refractivity contribution in [2.75, 3.05) is 20.3 Å². The molecule has 1 aliphatic rings. The maximum absolute atomic E-state index is 12.8. The van der Waals surface area contributed by atoms with E-state index in [9.17, 15) is 4.79 Å². The summed E-state index contributed by atoms with van der Waals surface area (Å²) in [6.45, 7) is 5.32. The molecule has 2 aromatic rings. The molecule has 1 heterocycles. The minimum absolute atomic E-state index is 0.0447. The van der Waals surface area contributed by atoms with Crippen LogP contribution in [0.5, 0.6) is 5.75 Å². The maximum atomic E-state index is 12.8. The van der Waals surface area contributed by atoms with Crippen LogP contribution in [0.2, 0.25) is 0 Å². The quantitative estimate of drug-likeness (QED) is 0.818. The van der Waals surface area contributed by atoms with Crippen LogP contribution in [0.4, 0.5) is 0 Å². The second-order valence-electron chi connectivity index (χ2n) is 6.98. The fourth-order valence-corrected chi connectivity index (χ4v) is 3.27. The summed E-state index contributed by atoms with van der Waals surface area (Å²) in [6.07, 6.45) is 1.20. The van der Waals surface area contributed by atoms with E-state index in [-0.39, 0.29) is 18.1 Å². The van der Waals surface area contributed by atoms with E-state index in [2.05, 4.69) is 38.1 Å². The minimum atomic E-state index is -0.0447. The molecule has 0 aromatic heterocycles. The summed E-state index contributed by atoms with van der Waals surface area (Å²) < 4.78 is 11.2. The molecule has 2 aromatic carbocycles. The zero-order valence-electron chi connectivity index (χ0n) is 15.8. The van der Waals surface area contributed by atoms with Crippen molar-refractivity contribution in [2.24, 2.45) is 0 Å². The highest BCUT2D eigenvalue weighted by Gasteiger charge is 2.30. The average Bonchev–Trinajstić information content (AvgIpc) is 2.67. The third-order valence-electron chi connectivity index (χ3n) is 4.99. The number of rotatable bonds is 5. The van der Waals surface area contributed by atoms with Gasteiger partial charge in [0, 0.05) is 6.42 Å². The van der Waals surface area contributed by atoms with E-state index in [0.29, 0.717) is 19.6 Å². The SMILES string of the molecule is COc1ccc(CCC(=O)N2CC(c3ccc(C)cc3)OCC2C)cc1. The summed E-state index contributed by atoms with van der Waals surface area (Å²) in [5.41, 5.74) is 3.51. The topological polar surface area (TPSA) is 38.8 Å². The van der Waals surface area contributed by atoms with Crippen LogP contribution in [-0.2, 0) is 16.0 Å². The number of aryl methyl sites for hydroxylation is 2. The first kappa shape index (κ1) is 18.5. The molecule has 0 spiro atoms. The molecule has 0 N–H and O–H groups in total.